The first-order chi connectivity index (χ1) is 8.71. The predicted octanol–water partition coefficient (Wildman–Crippen LogP) is 2.74. The number of aromatic nitrogens is 1. The van der Waals surface area contributed by atoms with Crippen LogP contribution in [0.2, 0.25) is 0 Å². The minimum Gasteiger partial charge on any atom is -0.495 e. The second kappa shape index (κ2) is 7.53. The van der Waals surface area contributed by atoms with Crippen molar-refractivity contribution in [3.05, 3.63) is 18.3 Å². The molecule has 1 N–H and O–H groups in total. The van der Waals surface area contributed by atoms with Gasteiger partial charge >= 0.3 is 6.03 Å². The summed E-state index contributed by atoms with van der Waals surface area (Å²) >= 11 is 0. The summed E-state index contributed by atoms with van der Waals surface area (Å²) in [6, 6.07) is 3.39. The zero-order valence-electron chi connectivity index (χ0n) is 11.3. The second-order valence-corrected chi connectivity index (χ2v) is 3.95. The topological polar surface area (TPSA) is 54.5 Å². The molecule has 0 saturated heterocycles. The number of methoxy groups -OCH3 is 1. The van der Waals surface area contributed by atoms with E-state index in [1.54, 1.807) is 30.3 Å². The number of carbonyl (C=O) groups excluding carboxylic acids is 1. The van der Waals surface area contributed by atoms with Gasteiger partial charge in [0.05, 0.1) is 13.3 Å². The van der Waals surface area contributed by atoms with Gasteiger partial charge in [-0.05, 0) is 25.5 Å². The molecule has 100 valence electrons. The molecule has 5 heteroatoms. The highest BCUT2D eigenvalue weighted by Crippen LogP contribution is 2.11. The SMILES string of the molecule is CCCCN(CC)C(=O)Nc1ccc(OC)cn1. The molecule has 18 heavy (non-hydrogen) atoms. The number of ether oxygens (including phenoxy) is 1. The molecule has 0 atom stereocenters. The largest absolute Gasteiger partial charge is 0.495 e. The summed E-state index contributed by atoms with van der Waals surface area (Å²) in [4.78, 5) is 17.8. The van der Waals surface area contributed by atoms with Crippen LogP contribution in [0.1, 0.15) is 26.7 Å². The lowest BCUT2D eigenvalue weighted by Gasteiger charge is -2.20. The molecule has 1 aromatic rings. The Hall–Kier alpha value is -1.78. The Bertz CT molecular complexity index is 365. The summed E-state index contributed by atoms with van der Waals surface area (Å²) < 4.78 is 5.01. The van der Waals surface area contributed by atoms with Crippen molar-refractivity contribution in [1.82, 2.24) is 9.88 Å². The molecule has 0 aliphatic carbocycles. The maximum absolute atomic E-state index is 11.9. The number of urea groups is 1. The van der Waals surface area contributed by atoms with Crippen LogP contribution in [-0.4, -0.2) is 36.1 Å². The Balaban J connectivity index is 2.55. The van der Waals surface area contributed by atoms with Crippen LogP contribution in [0.4, 0.5) is 10.6 Å². The third-order valence-electron chi connectivity index (χ3n) is 2.66. The Kier molecular flexibility index (Phi) is 5.97. The molecule has 1 rings (SSSR count). The number of rotatable bonds is 6. The molecular formula is C13H21N3O2. The fourth-order valence-corrected chi connectivity index (χ4v) is 1.52. The molecule has 0 saturated carbocycles. The highest BCUT2D eigenvalue weighted by molar-refractivity contribution is 5.88. The van der Waals surface area contributed by atoms with Gasteiger partial charge < -0.3 is 9.64 Å². The Morgan fingerprint density at radius 3 is 2.72 bits per heavy atom. The molecule has 0 aromatic carbocycles. The zero-order valence-corrected chi connectivity index (χ0v) is 11.3. The summed E-state index contributed by atoms with van der Waals surface area (Å²) in [5.41, 5.74) is 0. The average Bonchev–Trinajstić information content (AvgIpc) is 2.40. The number of anilines is 1. The molecule has 0 spiro atoms. The Labute approximate surface area is 108 Å². The fraction of sp³-hybridized carbons (Fsp3) is 0.538. The number of hydrogen-bond donors (Lipinski definition) is 1. The van der Waals surface area contributed by atoms with E-state index in [2.05, 4.69) is 17.2 Å². The Morgan fingerprint density at radius 2 is 2.22 bits per heavy atom. The van der Waals surface area contributed by atoms with Gasteiger partial charge in [0.15, 0.2) is 0 Å². The number of amides is 2. The molecule has 1 heterocycles. The molecule has 1 aromatic heterocycles. The van der Waals surface area contributed by atoms with Gasteiger partial charge in [-0.15, -0.1) is 0 Å². The van der Waals surface area contributed by atoms with Crippen molar-refractivity contribution in [2.45, 2.75) is 26.7 Å². The van der Waals surface area contributed by atoms with Crippen molar-refractivity contribution < 1.29 is 9.53 Å². The quantitative estimate of drug-likeness (QED) is 0.845. The van der Waals surface area contributed by atoms with E-state index >= 15 is 0 Å². The lowest BCUT2D eigenvalue weighted by atomic mass is 10.3. The van der Waals surface area contributed by atoms with Crippen molar-refractivity contribution in [2.75, 3.05) is 25.5 Å². The standard InChI is InChI=1S/C13H21N3O2/c1-4-6-9-16(5-2)13(17)15-12-8-7-11(18-3)10-14-12/h7-8,10H,4-6,9H2,1-3H3,(H,14,15,17). The van der Waals surface area contributed by atoms with E-state index in [0.717, 1.165) is 19.4 Å². The van der Waals surface area contributed by atoms with E-state index in [4.69, 9.17) is 4.74 Å². The minimum atomic E-state index is -0.108. The van der Waals surface area contributed by atoms with E-state index in [1.165, 1.54) is 0 Å². The maximum Gasteiger partial charge on any atom is 0.322 e. The lowest BCUT2D eigenvalue weighted by molar-refractivity contribution is 0.213. The van der Waals surface area contributed by atoms with E-state index in [1.807, 2.05) is 6.92 Å². The average molecular weight is 251 g/mol. The lowest BCUT2D eigenvalue weighted by Crippen LogP contribution is -2.35. The van der Waals surface area contributed by atoms with Crippen molar-refractivity contribution in [3.63, 3.8) is 0 Å². The molecule has 0 bridgehead atoms. The highest BCUT2D eigenvalue weighted by Gasteiger charge is 2.11. The first kappa shape index (κ1) is 14.3. The normalized spacial score (nSPS) is 9.94. The number of hydrogen-bond acceptors (Lipinski definition) is 3. The first-order valence-electron chi connectivity index (χ1n) is 6.27. The van der Waals surface area contributed by atoms with Crippen molar-refractivity contribution in [2.24, 2.45) is 0 Å². The number of unbranched alkanes of at least 4 members (excludes halogenated alkanes) is 1. The summed E-state index contributed by atoms with van der Waals surface area (Å²) in [5, 5.41) is 2.77. The van der Waals surface area contributed by atoms with Gasteiger partial charge in [-0.1, -0.05) is 13.3 Å². The third-order valence-corrected chi connectivity index (χ3v) is 2.66. The van der Waals surface area contributed by atoms with Crippen molar-refractivity contribution in [1.29, 1.82) is 0 Å². The third kappa shape index (κ3) is 4.24. The van der Waals surface area contributed by atoms with Gasteiger partial charge in [0, 0.05) is 13.1 Å². The Morgan fingerprint density at radius 1 is 1.44 bits per heavy atom. The number of carbonyl (C=O) groups is 1. The number of nitrogens with zero attached hydrogens (tertiary/aromatic N) is 2. The monoisotopic (exact) mass is 251 g/mol. The molecule has 0 radical (unpaired) electrons. The fourth-order valence-electron chi connectivity index (χ4n) is 1.52. The summed E-state index contributed by atoms with van der Waals surface area (Å²) in [6.45, 7) is 5.55. The molecule has 0 aliphatic rings. The molecule has 2 amide bonds. The van der Waals surface area contributed by atoms with E-state index in [-0.39, 0.29) is 6.03 Å². The van der Waals surface area contributed by atoms with Crippen molar-refractivity contribution >= 4 is 11.8 Å². The van der Waals surface area contributed by atoms with Gasteiger partial charge in [0.1, 0.15) is 11.6 Å². The van der Waals surface area contributed by atoms with Crippen molar-refractivity contribution in [3.8, 4) is 5.75 Å². The minimum absolute atomic E-state index is 0.108. The van der Waals surface area contributed by atoms with Crippen LogP contribution < -0.4 is 10.1 Å². The highest BCUT2D eigenvalue weighted by atomic mass is 16.5. The summed E-state index contributed by atoms with van der Waals surface area (Å²) in [5.74, 6) is 1.21. The van der Waals surface area contributed by atoms with Gasteiger partial charge in [0.2, 0.25) is 0 Å². The first-order valence-corrected chi connectivity index (χ1v) is 6.27. The van der Waals surface area contributed by atoms with E-state index < -0.39 is 0 Å². The van der Waals surface area contributed by atoms with Gasteiger partial charge in [-0.3, -0.25) is 5.32 Å². The molecule has 0 aliphatic heterocycles. The number of nitrogens with one attached hydrogen (secondary N) is 1. The van der Waals surface area contributed by atoms with Crippen LogP contribution in [0.5, 0.6) is 5.75 Å². The van der Waals surface area contributed by atoms with Crippen LogP contribution in [0.3, 0.4) is 0 Å². The smallest absolute Gasteiger partial charge is 0.322 e. The van der Waals surface area contributed by atoms with Gasteiger partial charge in [0.25, 0.3) is 0 Å². The van der Waals surface area contributed by atoms with E-state index in [0.29, 0.717) is 18.1 Å². The van der Waals surface area contributed by atoms with Crippen LogP contribution in [-0.2, 0) is 0 Å². The summed E-state index contributed by atoms with van der Waals surface area (Å²) in [6.07, 6.45) is 3.67. The van der Waals surface area contributed by atoms with Gasteiger partial charge in [-0.2, -0.15) is 0 Å². The molecule has 5 nitrogen and oxygen atoms in total. The molecule has 0 fully saturated rings. The molecular weight excluding hydrogens is 230 g/mol. The van der Waals surface area contributed by atoms with Crippen LogP contribution in [0.15, 0.2) is 18.3 Å². The van der Waals surface area contributed by atoms with Crippen LogP contribution >= 0.6 is 0 Å². The van der Waals surface area contributed by atoms with E-state index in [9.17, 15) is 4.79 Å². The number of pyridine rings is 1. The second-order valence-electron chi connectivity index (χ2n) is 3.95. The maximum atomic E-state index is 11.9. The van der Waals surface area contributed by atoms with Gasteiger partial charge in [-0.25, -0.2) is 9.78 Å². The predicted molar refractivity (Wildman–Crippen MR) is 72.0 cm³/mol. The zero-order chi connectivity index (χ0) is 13.4. The van der Waals surface area contributed by atoms with Crippen LogP contribution in [0, 0.1) is 0 Å². The molecule has 0 unspecified atom stereocenters. The van der Waals surface area contributed by atoms with Crippen LogP contribution in [0.25, 0.3) is 0 Å². The summed E-state index contributed by atoms with van der Waals surface area (Å²) in [7, 11) is 1.58.